The molecule has 0 aromatic heterocycles. The highest BCUT2D eigenvalue weighted by Crippen LogP contribution is 2.20. The van der Waals surface area contributed by atoms with Gasteiger partial charge in [-0.1, -0.05) is 6.07 Å². The zero-order chi connectivity index (χ0) is 10.1. The summed E-state index contributed by atoms with van der Waals surface area (Å²) in [6.45, 7) is 1.77. The van der Waals surface area contributed by atoms with Crippen LogP contribution in [0.25, 0.3) is 0 Å². The molecule has 4 nitrogen and oxygen atoms in total. The Labute approximate surface area is 77.8 Å². The van der Waals surface area contributed by atoms with E-state index in [1.54, 1.807) is 25.1 Å². The maximum absolute atomic E-state index is 10.9. The molecule has 1 aromatic rings. The third kappa shape index (κ3) is 2.62. The zero-order valence-corrected chi connectivity index (χ0v) is 8.35. The molecule has 0 spiro atoms. The molecule has 0 aliphatic carbocycles. The molecule has 0 atom stereocenters. The summed E-state index contributed by atoms with van der Waals surface area (Å²) in [4.78, 5) is 0. The average Bonchev–Trinajstić information content (AvgIpc) is 1.96. The molecule has 0 heterocycles. The van der Waals surface area contributed by atoms with Gasteiger partial charge in [-0.05, 0) is 24.6 Å². The van der Waals surface area contributed by atoms with Crippen molar-refractivity contribution >= 4 is 21.4 Å². The first kappa shape index (κ1) is 9.85. The lowest BCUT2D eigenvalue weighted by Crippen LogP contribution is -2.11. The lowest BCUT2D eigenvalue weighted by atomic mass is 10.2. The predicted molar refractivity (Wildman–Crippen MR) is 54.1 cm³/mol. The molecular weight excluding hydrogens is 188 g/mol. The monoisotopic (exact) mass is 200 g/mol. The van der Waals surface area contributed by atoms with Crippen LogP contribution in [0.3, 0.4) is 0 Å². The largest absolute Gasteiger partial charge is 0.398 e. The van der Waals surface area contributed by atoms with E-state index in [4.69, 9.17) is 5.73 Å². The van der Waals surface area contributed by atoms with Crippen LogP contribution >= 0.6 is 0 Å². The Morgan fingerprint density at radius 3 is 2.54 bits per heavy atom. The summed E-state index contributed by atoms with van der Waals surface area (Å²) in [5.41, 5.74) is 7.46. The summed E-state index contributed by atoms with van der Waals surface area (Å²) >= 11 is 0. The zero-order valence-electron chi connectivity index (χ0n) is 7.53. The molecule has 3 N–H and O–H groups in total. The Morgan fingerprint density at radius 1 is 1.38 bits per heavy atom. The fraction of sp³-hybridized carbons (Fsp3) is 0.250. The summed E-state index contributed by atoms with van der Waals surface area (Å²) < 4.78 is 24.2. The van der Waals surface area contributed by atoms with Gasteiger partial charge in [-0.3, -0.25) is 4.72 Å². The maximum Gasteiger partial charge on any atom is 0.229 e. The summed E-state index contributed by atoms with van der Waals surface area (Å²) in [7, 11) is -3.22. The van der Waals surface area contributed by atoms with E-state index in [0.717, 1.165) is 11.8 Å². The van der Waals surface area contributed by atoms with E-state index < -0.39 is 10.0 Å². The topological polar surface area (TPSA) is 72.2 Å². The average molecular weight is 200 g/mol. The van der Waals surface area contributed by atoms with Gasteiger partial charge in [0.15, 0.2) is 0 Å². The minimum Gasteiger partial charge on any atom is -0.398 e. The van der Waals surface area contributed by atoms with Crippen LogP contribution in [0.2, 0.25) is 0 Å². The van der Waals surface area contributed by atoms with Gasteiger partial charge in [0.1, 0.15) is 0 Å². The number of nitrogens with one attached hydrogen (secondary N) is 1. The van der Waals surface area contributed by atoms with Gasteiger partial charge >= 0.3 is 0 Å². The van der Waals surface area contributed by atoms with Crippen LogP contribution in [0.15, 0.2) is 18.2 Å². The van der Waals surface area contributed by atoms with E-state index in [9.17, 15) is 8.42 Å². The molecule has 72 valence electrons. The maximum atomic E-state index is 10.9. The Kier molecular flexibility index (Phi) is 2.47. The Bertz CT molecular complexity index is 412. The molecule has 0 saturated carbocycles. The van der Waals surface area contributed by atoms with Gasteiger partial charge in [-0.25, -0.2) is 8.42 Å². The highest BCUT2D eigenvalue weighted by molar-refractivity contribution is 7.92. The number of hydrogen-bond acceptors (Lipinski definition) is 3. The van der Waals surface area contributed by atoms with Crippen LogP contribution in [0.5, 0.6) is 0 Å². The van der Waals surface area contributed by atoms with Gasteiger partial charge in [-0.2, -0.15) is 0 Å². The predicted octanol–water partition coefficient (Wildman–Crippen LogP) is 0.949. The Balaban J connectivity index is 3.10. The van der Waals surface area contributed by atoms with Crippen molar-refractivity contribution in [2.45, 2.75) is 6.92 Å². The van der Waals surface area contributed by atoms with Crippen LogP contribution in [0.1, 0.15) is 5.56 Å². The fourth-order valence-corrected chi connectivity index (χ4v) is 1.58. The molecule has 0 amide bonds. The smallest absolute Gasteiger partial charge is 0.229 e. The van der Waals surface area contributed by atoms with E-state index in [2.05, 4.69) is 4.72 Å². The third-order valence-corrected chi connectivity index (χ3v) is 2.26. The van der Waals surface area contributed by atoms with Crippen molar-refractivity contribution < 1.29 is 8.42 Å². The normalized spacial score (nSPS) is 11.2. The van der Waals surface area contributed by atoms with Crippen molar-refractivity contribution in [3.05, 3.63) is 23.8 Å². The SMILES string of the molecule is Cc1c(N)cccc1NS(C)(=O)=O. The third-order valence-electron chi connectivity index (χ3n) is 1.67. The van der Waals surface area contributed by atoms with Crippen LogP contribution in [0.4, 0.5) is 11.4 Å². The molecule has 0 saturated heterocycles. The quantitative estimate of drug-likeness (QED) is 0.698. The second kappa shape index (κ2) is 3.26. The van der Waals surface area contributed by atoms with Crippen molar-refractivity contribution in [2.24, 2.45) is 0 Å². The highest BCUT2D eigenvalue weighted by atomic mass is 32.2. The summed E-state index contributed by atoms with van der Waals surface area (Å²) in [5.74, 6) is 0. The number of nitrogen functional groups attached to an aromatic ring is 1. The molecule has 0 unspecified atom stereocenters. The molecule has 0 aliphatic rings. The highest BCUT2D eigenvalue weighted by Gasteiger charge is 2.05. The molecule has 13 heavy (non-hydrogen) atoms. The fourth-order valence-electron chi connectivity index (χ4n) is 0.964. The molecule has 0 fully saturated rings. The van der Waals surface area contributed by atoms with Gasteiger partial charge in [0.2, 0.25) is 10.0 Å². The summed E-state index contributed by atoms with van der Waals surface area (Å²) in [5, 5.41) is 0. The van der Waals surface area contributed by atoms with E-state index in [-0.39, 0.29) is 0 Å². The molecular formula is C8H12N2O2S. The van der Waals surface area contributed by atoms with Crippen LogP contribution < -0.4 is 10.5 Å². The lowest BCUT2D eigenvalue weighted by molar-refractivity contribution is 0.607. The number of sulfonamides is 1. The van der Waals surface area contributed by atoms with Crippen LogP contribution in [-0.2, 0) is 10.0 Å². The Hall–Kier alpha value is -1.23. The second-order valence-corrected chi connectivity index (χ2v) is 4.64. The number of rotatable bonds is 2. The van der Waals surface area contributed by atoms with E-state index in [0.29, 0.717) is 11.4 Å². The first-order valence-corrected chi connectivity index (χ1v) is 5.62. The van der Waals surface area contributed by atoms with Crippen molar-refractivity contribution in [3.63, 3.8) is 0 Å². The minimum atomic E-state index is -3.22. The van der Waals surface area contributed by atoms with E-state index >= 15 is 0 Å². The van der Waals surface area contributed by atoms with E-state index in [1.807, 2.05) is 0 Å². The summed E-state index contributed by atoms with van der Waals surface area (Å²) in [6.07, 6.45) is 1.11. The lowest BCUT2D eigenvalue weighted by Gasteiger charge is -2.08. The molecule has 0 radical (unpaired) electrons. The van der Waals surface area contributed by atoms with Crippen molar-refractivity contribution in [3.8, 4) is 0 Å². The van der Waals surface area contributed by atoms with E-state index in [1.165, 1.54) is 0 Å². The minimum absolute atomic E-state index is 0.530. The first-order valence-electron chi connectivity index (χ1n) is 3.73. The van der Waals surface area contributed by atoms with Crippen molar-refractivity contribution in [1.29, 1.82) is 0 Å². The standard InChI is InChI=1S/C8H12N2O2S/c1-6-7(9)4-3-5-8(6)10-13(2,11)12/h3-5,10H,9H2,1-2H3. The second-order valence-electron chi connectivity index (χ2n) is 2.89. The molecule has 0 aliphatic heterocycles. The van der Waals surface area contributed by atoms with Gasteiger partial charge in [-0.15, -0.1) is 0 Å². The number of hydrogen-bond donors (Lipinski definition) is 2. The van der Waals surface area contributed by atoms with Crippen molar-refractivity contribution in [2.75, 3.05) is 16.7 Å². The van der Waals surface area contributed by atoms with Crippen LogP contribution in [-0.4, -0.2) is 14.7 Å². The van der Waals surface area contributed by atoms with Crippen molar-refractivity contribution in [1.82, 2.24) is 0 Å². The first-order chi connectivity index (χ1) is 5.90. The summed E-state index contributed by atoms with van der Waals surface area (Å²) in [6, 6.07) is 5.10. The molecule has 1 rings (SSSR count). The number of nitrogens with two attached hydrogens (primary N) is 1. The Morgan fingerprint density at radius 2 is 2.00 bits per heavy atom. The van der Waals surface area contributed by atoms with Gasteiger partial charge in [0.25, 0.3) is 0 Å². The molecule has 5 heteroatoms. The van der Waals surface area contributed by atoms with Gasteiger partial charge < -0.3 is 5.73 Å². The van der Waals surface area contributed by atoms with Crippen LogP contribution in [0, 0.1) is 6.92 Å². The number of anilines is 2. The van der Waals surface area contributed by atoms with Gasteiger partial charge in [0.05, 0.1) is 11.9 Å². The molecule has 0 bridgehead atoms. The molecule has 1 aromatic carbocycles. The van der Waals surface area contributed by atoms with Gasteiger partial charge in [0, 0.05) is 5.69 Å². The number of benzene rings is 1.